The third-order valence-electron chi connectivity index (χ3n) is 5.61. The molecule has 1 saturated heterocycles. The molecule has 0 saturated carbocycles. The van der Waals surface area contributed by atoms with E-state index in [1.54, 1.807) is 25.2 Å². The van der Waals surface area contributed by atoms with Gasteiger partial charge in [-0.2, -0.15) is 14.0 Å². The van der Waals surface area contributed by atoms with Gasteiger partial charge in [-0.25, -0.2) is 4.79 Å². The zero-order valence-corrected chi connectivity index (χ0v) is 17.8. The molecule has 2 heterocycles. The molecule has 0 bridgehead atoms. The van der Waals surface area contributed by atoms with Crippen LogP contribution >= 0.6 is 0 Å². The van der Waals surface area contributed by atoms with Gasteiger partial charge in [0.1, 0.15) is 6.10 Å². The summed E-state index contributed by atoms with van der Waals surface area (Å²) in [7, 11) is 1.58. The van der Waals surface area contributed by atoms with Gasteiger partial charge in [-0.15, -0.1) is 0 Å². The molecule has 4 rings (SSSR count). The first kappa shape index (κ1) is 22.6. The lowest BCUT2D eigenvalue weighted by Crippen LogP contribution is -2.50. The first-order valence-electron chi connectivity index (χ1n) is 10.4. The van der Waals surface area contributed by atoms with Crippen molar-refractivity contribution < 1.29 is 22.7 Å². The summed E-state index contributed by atoms with van der Waals surface area (Å²) in [6, 6.07) is 9.96. The number of oxazole rings is 1. The minimum absolute atomic E-state index is 0.191. The van der Waals surface area contributed by atoms with Crippen molar-refractivity contribution in [2.24, 2.45) is 7.05 Å². The highest BCUT2D eigenvalue weighted by Gasteiger charge is 2.43. The summed E-state index contributed by atoms with van der Waals surface area (Å²) in [4.78, 5) is 24.1. The Hall–Kier alpha value is -3.55. The van der Waals surface area contributed by atoms with E-state index in [2.05, 4.69) is 10.6 Å². The lowest BCUT2D eigenvalue weighted by atomic mass is 9.97. The zero-order valence-electron chi connectivity index (χ0n) is 17.8. The maximum atomic E-state index is 15.1. The number of halogens is 2. The Morgan fingerprint density at radius 1 is 1.27 bits per heavy atom. The minimum Gasteiger partial charge on any atom is -0.408 e. The third kappa shape index (κ3) is 4.51. The fraction of sp³-hybridized carbons (Fsp3) is 0.348. The number of hydrogen-bond donors (Lipinski definition) is 2. The average molecular weight is 456 g/mol. The average Bonchev–Trinajstić information content (AvgIpc) is 3.00. The van der Waals surface area contributed by atoms with Crippen molar-refractivity contribution >= 4 is 17.0 Å². The van der Waals surface area contributed by atoms with Crippen molar-refractivity contribution in [3.63, 3.8) is 0 Å². The Labute approximate surface area is 187 Å². The lowest BCUT2D eigenvalue weighted by Gasteiger charge is -2.25. The number of nitrogens with one attached hydrogen (secondary N) is 2. The summed E-state index contributed by atoms with van der Waals surface area (Å²) < 4.78 is 42.0. The smallest absolute Gasteiger partial charge is 0.408 e. The quantitative estimate of drug-likeness (QED) is 0.610. The number of rotatable bonds is 5. The van der Waals surface area contributed by atoms with Gasteiger partial charge in [0.05, 0.1) is 11.6 Å². The van der Waals surface area contributed by atoms with E-state index in [0.29, 0.717) is 41.8 Å². The van der Waals surface area contributed by atoms with E-state index in [-0.39, 0.29) is 6.54 Å². The van der Waals surface area contributed by atoms with E-state index in [1.807, 2.05) is 0 Å². The Morgan fingerprint density at radius 2 is 2.00 bits per heavy atom. The predicted molar refractivity (Wildman–Crippen MR) is 116 cm³/mol. The molecule has 0 aliphatic carbocycles. The molecular weight excluding hydrogens is 434 g/mol. The van der Waals surface area contributed by atoms with Crippen LogP contribution < -0.4 is 16.4 Å². The molecule has 1 fully saturated rings. The first-order chi connectivity index (χ1) is 15.8. The Morgan fingerprint density at radius 3 is 2.73 bits per heavy atom. The number of amides is 1. The van der Waals surface area contributed by atoms with Gasteiger partial charge in [0.2, 0.25) is 0 Å². The number of aryl methyl sites for hydroxylation is 1. The van der Waals surface area contributed by atoms with Crippen LogP contribution in [0.2, 0.25) is 0 Å². The van der Waals surface area contributed by atoms with Crippen molar-refractivity contribution in [3.05, 3.63) is 58.6 Å². The lowest BCUT2D eigenvalue weighted by molar-refractivity contribution is -0.135. The van der Waals surface area contributed by atoms with Crippen LogP contribution in [0.5, 0.6) is 0 Å². The van der Waals surface area contributed by atoms with Crippen molar-refractivity contribution in [1.29, 1.82) is 5.26 Å². The molecule has 33 heavy (non-hydrogen) atoms. The number of benzene rings is 2. The molecule has 2 unspecified atom stereocenters. The molecule has 172 valence electrons. The number of alkyl halides is 2. The van der Waals surface area contributed by atoms with Crippen LogP contribution in [-0.4, -0.2) is 42.3 Å². The SMILES string of the molecule is Cn1c(=O)oc2ccc(-c3ccc(C(F)(F)C(C#N)NC(=O)C4CNCCCO4)cc3)cc21. The largest absolute Gasteiger partial charge is 0.419 e. The monoisotopic (exact) mass is 456 g/mol. The second-order valence-corrected chi connectivity index (χ2v) is 7.80. The number of carbonyl (C=O) groups is 1. The predicted octanol–water partition coefficient (Wildman–Crippen LogP) is 2.28. The van der Waals surface area contributed by atoms with E-state index in [0.717, 1.165) is 0 Å². The summed E-state index contributed by atoms with van der Waals surface area (Å²) >= 11 is 0. The van der Waals surface area contributed by atoms with E-state index in [4.69, 9.17) is 9.15 Å². The number of nitrogens with zero attached hydrogens (tertiary/aromatic N) is 2. The normalized spacial score (nSPS) is 17.8. The van der Waals surface area contributed by atoms with Crippen LogP contribution in [0, 0.1) is 11.3 Å². The molecule has 0 radical (unpaired) electrons. The van der Waals surface area contributed by atoms with E-state index in [9.17, 15) is 14.9 Å². The molecule has 1 amide bonds. The third-order valence-corrected chi connectivity index (χ3v) is 5.61. The molecule has 3 aromatic rings. The van der Waals surface area contributed by atoms with Crippen molar-refractivity contribution in [1.82, 2.24) is 15.2 Å². The highest BCUT2D eigenvalue weighted by Crippen LogP contribution is 2.33. The Balaban J connectivity index is 1.54. The summed E-state index contributed by atoms with van der Waals surface area (Å²) in [5.41, 5.74) is 1.94. The number of aromatic nitrogens is 1. The van der Waals surface area contributed by atoms with Crippen LogP contribution in [0.1, 0.15) is 12.0 Å². The fourth-order valence-corrected chi connectivity index (χ4v) is 3.68. The molecule has 8 nitrogen and oxygen atoms in total. The van der Waals surface area contributed by atoms with Crippen LogP contribution in [0.15, 0.2) is 51.7 Å². The molecule has 1 aromatic heterocycles. The topological polar surface area (TPSA) is 109 Å². The number of nitriles is 1. The summed E-state index contributed by atoms with van der Waals surface area (Å²) in [5, 5.41) is 14.5. The number of hydrogen-bond acceptors (Lipinski definition) is 6. The summed E-state index contributed by atoms with van der Waals surface area (Å²) in [6.45, 7) is 1.19. The van der Waals surface area contributed by atoms with Crippen molar-refractivity contribution in [2.75, 3.05) is 19.7 Å². The summed E-state index contributed by atoms with van der Waals surface area (Å²) in [6.07, 6.45) is -0.229. The van der Waals surface area contributed by atoms with Crippen LogP contribution in [0.25, 0.3) is 22.2 Å². The number of carbonyl (C=O) groups excluding carboxylic acids is 1. The van der Waals surface area contributed by atoms with Gasteiger partial charge < -0.3 is 19.8 Å². The van der Waals surface area contributed by atoms with Gasteiger partial charge in [0, 0.05) is 25.8 Å². The molecule has 0 spiro atoms. The van der Waals surface area contributed by atoms with E-state index >= 15 is 8.78 Å². The van der Waals surface area contributed by atoms with Crippen molar-refractivity contribution in [3.8, 4) is 17.2 Å². The van der Waals surface area contributed by atoms with Gasteiger partial charge in [-0.3, -0.25) is 9.36 Å². The zero-order chi connectivity index (χ0) is 23.6. The first-order valence-corrected chi connectivity index (χ1v) is 10.4. The molecule has 2 N–H and O–H groups in total. The molecule has 10 heteroatoms. The maximum Gasteiger partial charge on any atom is 0.419 e. The Bertz CT molecular complexity index is 1250. The highest BCUT2D eigenvalue weighted by atomic mass is 19.3. The van der Waals surface area contributed by atoms with Gasteiger partial charge in [0.15, 0.2) is 11.6 Å². The minimum atomic E-state index is -3.63. The molecular formula is C23H22F2N4O4. The highest BCUT2D eigenvalue weighted by molar-refractivity contribution is 5.82. The van der Waals surface area contributed by atoms with Crippen LogP contribution in [0.4, 0.5) is 8.78 Å². The van der Waals surface area contributed by atoms with Crippen LogP contribution in [-0.2, 0) is 22.5 Å². The Kier molecular flexibility index (Phi) is 6.26. The molecule has 1 aliphatic heterocycles. The van der Waals surface area contributed by atoms with E-state index in [1.165, 1.54) is 34.9 Å². The fourth-order valence-electron chi connectivity index (χ4n) is 3.68. The molecule has 2 atom stereocenters. The van der Waals surface area contributed by atoms with Gasteiger partial charge in [-0.05, 0) is 36.2 Å². The molecule has 1 aliphatic rings. The second-order valence-electron chi connectivity index (χ2n) is 7.80. The van der Waals surface area contributed by atoms with E-state index < -0.39 is 35.3 Å². The summed E-state index contributed by atoms with van der Waals surface area (Å²) in [5.74, 6) is -4.88. The number of ether oxygens (including phenoxy) is 1. The second kappa shape index (κ2) is 9.13. The number of fused-ring (bicyclic) bond motifs is 1. The standard InChI is InChI=1S/C23H22F2N4O4/c1-29-17-11-15(5-8-18(17)33-22(29)31)14-3-6-16(7-4-14)23(24,25)20(12-26)28-21(30)19-13-27-9-2-10-32-19/h3-8,11,19-20,27H,2,9-10,13H2,1H3,(H,28,30). The van der Waals surface area contributed by atoms with Crippen LogP contribution in [0.3, 0.4) is 0 Å². The molecule has 2 aromatic carbocycles. The van der Waals surface area contributed by atoms with Gasteiger partial charge >= 0.3 is 11.7 Å². The van der Waals surface area contributed by atoms with Gasteiger partial charge in [0.25, 0.3) is 5.91 Å². The maximum absolute atomic E-state index is 15.1. The van der Waals surface area contributed by atoms with Gasteiger partial charge in [-0.1, -0.05) is 30.3 Å². The van der Waals surface area contributed by atoms with Crippen molar-refractivity contribution in [2.45, 2.75) is 24.5 Å².